The predicted molar refractivity (Wildman–Crippen MR) is 100 cm³/mol. The Morgan fingerprint density at radius 1 is 0.844 bits per heavy atom. The average Bonchev–Trinajstić information content (AvgIpc) is 2.78. The molecule has 2 saturated heterocycles. The van der Waals surface area contributed by atoms with Gasteiger partial charge in [0.25, 0.3) is 0 Å². The van der Waals surface area contributed by atoms with E-state index >= 15 is 0 Å². The minimum atomic E-state index is -1.81. The van der Waals surface area contributed by atoms with Gasteiger partial charge in [0, 0.05) is 6.07 Å². The fourth-order valence-electron chi connectivity index (χ4n) is 3.49. The van der Waals surface area contributed by atoms with Gasteiger partial charge in [-0.25, -0.2) is 0 Å². The van der Waals surface area contributed by atoms with E-state index in [0.29, 0.717) is 0 Å². The minimum absolute atomic E-state index is 0.251. The van der Waals surface area contributed by atoms with Gasteiger partial charge < -0.3 is 54.7 Å². The van der Waals surface area contributed by atoms with Crippen molar-refractivity contribution in [3.8, 4) is 5.75 Å². The van der Waals surface area contributed by atoms with E-state index in [0.717, 1.165) is 6.07 Å². The molecule has 0 unspecified atom stereocenters. The quantitative estimate of drug-likeness (QED) is 0.155. The predicted octanol–water partition coefficient (Wildman–Crippen LogP) is -3.40. The molecular formula is C18H25NO13. The molecule has 10 atom stereocenters. The summed E-state index contributed by atoms with van der Waals surface area (Å²) in [6.07, 6.45) is -16.2. The maximum atomic E-state index is 11.2. The van der Waals surface area contributed by atoms with Gasteiger partial charge in [-0.1, -0.05) is 12.1 Å². The Kier molecular flexibility index (Phi) is 7.94. The Balaban J connectivity index is 1.75. The number of nitrogens with zero attached hydrogens (tertiary/aromatic N) is 1. The SMILES string of the molecule is O=[N+]([O-])c1ccccc1O[C@@H]1O[C@H](CO)[C@@H](O[C@@H]2O[C@H](CO)[C@H](O)[C@H](O)[C@@H]2O)[C@@H](O)[C@H]1O. The van der Waals surface area contributed by atoms with Crippen LogP contribution in [0.5, 0.6) is 5.75 Å². The molecular weight excluding hydrogens is 438 g/mol. The number of aliphatic hydroxyl groups excluding tert-OH is 7. The maximum Gasteiger partial charge on any atom is 0.311 e. The van der Waals surface area contributed by atoms with E-state index in [1.165, 1.54) is 18.2 Å². The van der Waals surface area contributed by atoms with Crippen LogP contribution in [0.15, 0.2) is 24.3 Å². The topological polar surface area (TPSA) is 222 Å². The molecule has 32 heavy (non-hydrogen) atoms. The lowest BCUT2D eigenvalue weighted by molar-refractivity contribution is -0.387. The first-order valence-electron chi connectivity index (χ1n) is 9.68. The van der Waals surface area contributed by atoms with Gasteiger partial charge in [-0.15, -0.1) is 0 Å². The van der Waals surface area contributed by atoms with Crippen LogP contribution in [-0.4, -0.2) is 115 Å². The molecule has 0 bridgehead atoms. The second-order valence-corrected chi connectivity index (χ2v) is 7.35. The lowest BCUT2D eigenvalue weighted by atomic mass is 9.97. The van der Waals surface area contributed by atoms with Crippen LogP contribution in [-0.2, 0) is 14.2 Å². The standard InChI is InChI=1S/C18H25NO13/c20-5-9-11(22)12(23)14(25)18(30-9)32-16-10(6-21)31-17(15(26)13(16)24)29-8-4-2-1-3-7(8)19(27)28/h1-4,9-18,20-26H,5-6H2/t9-,10-,11+,12+,13+,14+,15-,16-,17-,18+/m1/s1. The third-order valence-electron chi connectivity index (χ3n) is 5.27. The smallest absolute Gasteiger partial charge is 0.311 e. The average molecular weight is 463 g/mol. The van der Waals surface area contributed by atoms with Crippen LogP contribution in [0.3, 0.4) is 0 Å². The Morgan fingerprint density at radius 2 is 1.44 bits per heavy atom. The molecule has 2 aliphatic heterocycles. The summed E-state index contributed by atoms with van der Waals surface area (Å²) in [6, 6.07) is 5.27. The van der Waals surface area contributed by atoms with Crippen LogP contribution in [0.4, 0.5) is 5.69 Å². The summed E-state index contributed by atoms with van der Waals surface area (Å²) in [6.45, 7) is -1.48. The van der Waals surface area contributed by atoms with E-state index in [4.69, 9.17) is 18.9 Å². The second-order valence-electron chi connectivity index (χ2n) is 7.35. The number of nitro benzene ring substituents is 1. The highest BCUT2D eigenvalue weighted by molar-refractivity contribution is 5.45. The number of aliphatic hydroxyl groups is 7. The Bertz CT molecular complexity index is 777. The van der Waals surface area contributed by atoms with Crippen molar-refractivity contribution >= 4 is 5.69 Å². The molecule has 14 nitrogen and oxygen atoms in total. The van der Waals surface area contributed by atoms with E-state index in [2.05, 4.69) is 0 Å². The number of rotatable bonds is 7. The maximum absolute atomic E-state index is 11.2. The monoisotopic (exact) mass is 463 g/mol. The van der Waals surface area contributed by atoms with Crippen molar-refractivity contribution in [3.05, 3.63) is 34.4 Å². The zero-order valence-corrected chi connectivity index (χ0v) is 16.5. The number of ether oxygens (including phenoxy) is 4. The number of hydrogen-bond donors (Lipinski definition) is 7. The van der Waals surface area contributed by atoms with Crippen molar-refractivity contribution in [2.75, 3.05) is 13.2 Å². The van der Waals surface area contributed by atoms with Crippen LogP contribution in [0.1, 0.15) is 0 Å². The number of nitro groups is 1. The second kappa shape index (κ2) is 10.3. The van der Waals surface area contributed by atoms with E-state index in [1.54, 1.807) is 0 Å². The van der Waals surface area contributed by atoms with E-state index < -0.39 is 85.2 Å². The highest BCUT2D eigenvalue weighted by Gasteiger charge is 2.51. The van der Waals surface area contributed by atoms with Crippen molar-refractivity contribution in [3.63, 3.8) is 0 Å². The molecule has 0 saturated carbocycles. The number of para-hydroxylation sites is 2. The molecule has 0 aromatic heterocycles. The summed E-state index contributed by atoms with van der Waals surface area (Å²) in [7, 11) is 0. The fraction of sp³-hybridized carbons (Fsp3) is 0.667. The van der Waals surface area contributed by atoms with Crippen LogP contribution in [0, 0.1) is 10.1 Å². The molecule has 14 heteroatoms. The van der Waals surface area contributed by atoms with Crippen LogP contribution >= 0.6 is 0 Å². The van der Waals surface area contributed by atoms with Crippen molar-refractivity contribution < 1.29 is 59.6 Å². The number of hydrogen-bond acceptors (Lipinski definition) is 13. The first kappa shape index (κ1) is 24.7. The van der Waals surface area contributed by atoms with Gasteiger partial charge in [-0.3, -0.25) is 10.1 Å². The Morgan fingerprint density at radius 3 is 2.06 bits per heavy atom. The first-order valence-corrected chi connectivity index (χ1v) is 9.68. The molecule has 2 aliphatic rings. The van der Waals surface area contributed by atoms with Gasteiger partial charge in [0.15, 0.2) is 12.0 Å². The summed E-state index contributed by atoms with van der Waals surface area (Å²) in [4.78, 5) is 10.4. The zero-order valence-electron chi connectivity index (χ0n) is 16.5. The van der Waals surface area contributed by atoms with E-state index in [1.807, 2.05) is 0 Å². The van der Waals surface area contributed by atoms with Crippen molar-refractivity contribution in [2.24, 2.45) is 0 Å². The molecule has 180 valence electrons. The van der Waals surface area contributed by atoms with Gasteiger partial charge >= 0.3 is 5.69 Å². The van der Waals surface area contributed by atoms with Gasteiger partial charge in [-0.05, 0) is 6.07 Å². The lowest BCUT2D eigenvalue weighted by Gasteiger charge is -2.45. The fourth-order valence-corrected chi connectivity index (χ4v) is 3.49. The van der Waals surface area contributed by atoms with Gasteiger partial charge in [0.2, 0.25) is 6.29 Å². The van der Waals surface area contributed by atoms with Crippen LogP contribution in [0.25, 0.3) is 0 Å². The third kappa shape index (κ3) is 4.84. The highest BCUT2D eigenvalue weighted by atomic mass is 16.7. The van der Waals surface area contributed by atoms with Crippen molar-refractivity contribution in [2.45, 2.75) is 61.4 Å². The molecule has 0 aliphatic carbocycles. The summed E-state index contributed by atoms with van der Waals surface area (Å²) in [5, 5.41) is 80.9. The molecule has 0 spiro atoms. The Labute approximate surface area is 180 Å². The van der Waals surface area contributed by atoms with Crippen LogP contribution in [0.2, 0.25) is 0 Å². The molecule has 7 N–H and O–H groups in total. The molecule has 1 aromatic rings. The molecule has 2 heterocycles. The van der Waals surface area contributed by atoms with Gasteiger partial charge in [-0.2, -0.15) is 0 Å². The summed E-state index contributed by atoms with van der Waals surface area (Å²) >= 11 is 0. The molecule has 2 fully saturated rings. The van der Waals surface area contributed by atoms with Gasteiger partial charge in [0.1, 0.15) is 48.8 Å². The normalized spacial score (nSPS) is 40.1. The van der Waals surface area contributed by atoms with E-state index in [9.17, 15) is 45.9 Å². The highest BCUT2D eigenvalue weighted by Crippen LogP contribution is 2.33. The minimum Gasteiger partial charge on any atom is -0.455 e. The van der Waals surface area contributed by atoms with Crippen LogP contribution < -0.4 is 4.74 Å². The van der Waals surface area contributed by atoms with Gasteiger partial charge in [0.05, 0.1) is 18.1 Å². The first-order chi connectivity index (χ1) is 15.2. The molecule has 1 aromatic carbocycles. The summed E-state index contributed by atoms with van der Waals surface area (Å²) in [5.74, 6) is -0.251. The summed E-state index contributed by atoms with van der Waals surface area (Å²) < 4.78 is 21.4. The third-order valence-corrected chi connectivity index (χ3v) is 5.27. The Hall–Kier alpha value is -1.98. The summed E-state index contributed by atoms with van der Waals surface area (Å²) in [5.41, 5.74) is -0.418. The van der Waals surface area contributed by atoms with E-state index in [-0.39, 0.29) is 5.75 Å². The molecule has 3 rings (SSSR count). The van der Waals surface area contributed by atoms with Crippen molar-refractivity contribution in [1.29, 1.82) is 0 Å². The van der Waals surface area contributed by atoms with Crippen molar-refractivity contribution in [1.82, 2.24) is 0 Å². The molecule has 0 radical (unpaired) electrons. The largest absolute Gasteiger partial charge is 0.455 e. The number of benzene rings is 1. The lowest BCUT2D eigenvalue weighted by Crippen LogP contribution is -2.65. The zero-order chi connectivity index (χ0) is 23.6. The molecule has 0 amide bonds.